The zero-order valence-corrected chi connectivity index (χ0v) is 15.0. The predicted octanol–water partition coefficient (Wildman–Crippen LogP) is 4.53. The van der Waals surface area contributed by atoms with Gasteiger partial charge in [-0.2, -0.15) is 0 Å². The molecule has 0 spiro atoms. The minimum Gasteiger partial charge on any atom is -0.489 e. The van der Waals surface area contributed by atoms with Crippen LogP contribution in [0.4, 0.5) is 10.1 Å². The monoisotopic (exact) mass is 351 g/mol. The van der Waals surface area contributed by atoms with Crippen LogP contribution in [-0.4, -0.2) is 16.5 Å². The van der Waals surface area contributed by atoms with Crippen LogP contribution < -0.4 is 9.64 Å². The highest BCUT2D eigenvalue weighted by Gasteiger charge is 2.07. The van der Waals surface area contributed by atoms with Crippen molar-refractivity contribution in [3.05, 3.63) is 83.7 Å². The number of halogens is 1. The fourth-order valence-electron chi connectivity index (χ4n) is 2.61. The molecule has 0 amide bonds. The average Bonchev–Trinajstić information content (AvgIpc) is 2.68. The van der Waals surface area contributed by atoms with Crippen LogP contribution in [0.3, 0.4) is 0 Å². The van der Waals surface area contributed by atoms with Gasteiger partial charge in [-0.05, 0) is 55.8 Å². The normalized spacial score (nSPS) is 10.6. The third-order valence-corrected chi connectivity index (χ3v) is 4.11. The number of aryl methyl sites for hydroxylation is 1. The van der Waals surface area contributed by atoms with Gasteiger partial charge in [0.1, 0.15) is 24.0 Å². The summed E-state index contributed by atoms with van der Waals surface area (Å²) in [6, 6.07) is 14.3. The van der Waals surface area contributed by atoms with E-state index >= 15 is 0 Å². The second-order valence-corrected chi connectivity index (χ2v) is 6.06. The van der Waals surface area contributed by atoms with Crippen molar-refractivity contribution < 1.29 is 9.13 Å². The molecule has 0 saturated carbocycles. The molecule has 0 aliphatic rings. The smallest absolute Gasteiger partial charge is 0.125 e. The molecule has 0 bridgehead atoms. The van der Waals surface area contributed by atoms with Crippen LogP contribution in [0.25, 0.3) is 0 Å². The molecule has 134 valence electrons. The molecule has 0 fully saturated rings. The number of rotatable bonds is 7. The summed E-state index contributed by atoms with van der Waals surface area (Å²) in [5.41, 5.74) is 3.13. The summed E-state index contributed by atoms with van der Waals surface area (Å²) in [6.07, 6.45) is 3.73. The van der Waals surface area contributed by atoms with Crippen molar-refractivity contribution in [2.24, 2.45) is 0 Å². The standard InChI is InChI=1S/C21H22FN3O/c1-3-25(14-18-12-23-16(2)24-13-18)20-8-10-21(11-9-20)26-15-17-4-6-19(22)7-5-17/h4-13H,3,14-15H2,1-2H3. The van der Waals surface area contributed by atoms with Crippen LogP contribution in [0.5, 0.6) is 5.75 Å². The summed E-state index contributed by atoms with van der Waals surface area (Å²) in [4.78, 5) is 10.8. The molecule has 26 heavy (non-hydrogen) atoms. The number of nitrogens with zero attached hydrogens (tertiary/aromatic N) is 3. The quantitative estimate of drug-likeness (QED) is 0.627. The van der Waals surface area contributed by atoms with Crippen LogP contribution in [0.15, 0.2) is 60.9 Å². The summed E-state index contributed by atoms with van der Waals surface area (Å²) in [6.45, 7) is 6.05. The SMILES string of the molecule is CCN(Cc1cnc(C)nc1)c1ccc(OCc2ccc(F)cc2)cc1. The maximum Gasteiger partial charge on any atom is 0.125 e. The zero-order valence-electron chi connectivity index (χ0n) is 15.0. The molecule has 3 rings (SSSR count). The maximum atomic E-state index is 12.9. The molecule has 4 nitrogen and oxygen atoms in total. The van der Waals surface area contributed by atoms with Crippen molar-refractivity contribution >= 4 is 5.69 Å². The van der Waals surface area contributed by atoms with E-state index in [0.29, 0.717) is 6.61 Å². The Kier molecular flexibility index (Phi) is 5.79. The van der Waals surface area contributed by atoms with Crippen LogP contribution in [0.1, 0.15) is 23.9 Å². The highest BCUT2D eigenvalue weighted by Crippen LogP contribution is 2.21. The van der Waals surface area contributed by atoms with Gasteiger partial charge in [0.15, 0.2) is 0 Å². The fraction of sp³-hybridized carbons (Fsp3) is 0.238. The maximum absolute atomic E-state index is 12.9. The number of benzene rings is 2. The van der Waals surface area contributed by atoms with Crippen molar-refractivity contribution in [1.82, 2.24) is 9.97 Å². The van der Waals surface area contributed by atoms with E-state index in [1.165, 1.54) is 12.1 Å². The molecular weight excluding hydrogens is 329 g/mol. The van der Waals surface area contributed by atoms with Crippen LogP contribution in [0.2, 0.25) is 0 Å². The van der Waals surface area contributed by atoms with E-state index in [0.717, 1.165) is 41.5 Å². The van der Waals surface area contributed by atoms with Gasteiger partial charge < -0.3 is 9.64 Å². The van der Waals surface area contributed by atoms with Crippen molar-refractivity contribution in [3.8, 4) is 5.75 Å². The Morgan fingerprint density at radius 3 is 2.19 bits per heavy atom. The summed E-state index contributed by atoms with van der Waals surface area (Å²) in [7, 11) is 0. The van der Waals surface area contributed by atoms with Gasteiger partial charge in [-0.25, -0.2) is 14.4 Å². The zero-order chi connectivity index (χ0) is 18.4. The highest BCUT2D eigenvalue weighted by atomic mass is 19.1. The van der Waals surface area contributed by atoms with Gasteiger partial charge in [-0.1, -0.05) is 12.1 Å². The summed E-state index contributed by atoms with van der Waals surface area (Å²) < 4.78 is 18.7. The van der Waals surface area contributed by atoms with E-state index in [-0.39, 0.29) is 5.82 Å². The highest BCUT2D eigenvalue weighted by molar-refractivity contribution is 5.49. The Balaban J connectivity index is 1.61. The van der Waals surface area contributed by atoms with Gasteiger partial charge in [-0.15, -0.1) is 0 Å². The van der Waals surface area contributed by atoms with Crippen molar-refractivity contribution in [1.29, 1.82) is 0 Å². The van der Waals surface area contributed by atoms with Gasteiger partial charge in [0, 0.05) is 36.7 Å². The van der Waals surface area contributed by atoms with Gasteiger partial charge in [-0.3, -0.25) is 0 Å². The Morgan fingerprint density at radius 2 is 1.58 bits per heavy atom. The number of hydrogen-bond donors (Lipinski definition) is 0. The van der Waals surface area contributed by atoms with E-state index in [4.69, 9.17) is 4.74 Å². The lowest BCUT2D eigenvalue weighted by Gasteiger charge is -2.23. The molecule has 0 unspecified atom stereocenters. The molecule has 1 heterocycles. The minimum atomic E-state index is -0.239. The second kappa shape index (κ2) is 8.43. The lowest BCUT2D eigenvalue weighted by atomic mass is 10.2. The lowest BCUT2D eigenvalue weighted by Crippen LogP contribution is -2.22. The first-order chi connectivity index (χ1) is 12.6. The second-order valence-electron chi connectivity index (χ2n) is 6.06. The molecule has 0 aliphatic heterocycles. The van der Waals surface area contributed by atoms with Crippen LogP contribution >= 0.6 is 0 Å². The van der Waals surface area contributed by atoms with Gasteiger partial charge >= 0.3 is 0 Å². The molecular formula is C21H22FN3O. The Bertz CT molecular complexity index is 817. The van der Waals surface area contributed by atoms with E-state index < -0.39 is 0 Å². The lowest BCUT2D eigenvalue weighted by molar-refractivity contribution is 0.306. The van der Waals surface area contributed by atoms with Gasteiger partial charge in [0.2, 0.25) is 0 Å². The van der Waals surface area contributed by atoms with E-state index in [1.807, 2.05) is 43.6 Å². The van der Waals surface area contributed by atoms with Crippen LogP contribution in [-0.2, 0) is 13.2 Å². The molecule has 0 aliphatic carbocycles. The molecule has 2 aromatic carbocycles. The third kappa shape index (κ3) is 4.79. The number of aromatic nitrogens is 2. The summed E-state index contributed by atoms with van der Waals surface area (Å²) in [5.74, 6) is 1.32. The first-order valence-electron chi connectivity index (χ1n) is 8.64. The molecule has 0 radical (unpaired) electrons. The first-order valence-corrected chi connectivity index (χ1v) is 8.64. The molecule has 3 aromatic rings. The largest absolute Gasteiger partial charge is 0.489 e. The number of anilines is 1. The minimum absolute atomic E-state index is 0.239. The summed E-state index contributed by atoms with van der Waals surface area (Å²) in [5, 5.41) is 0. The molecule has 0 saturated heterocycles. The molecule has 0 N–H and O–H groups in total. The van der Waals surface area contributed by atoms with Gasteiger partial charge in [0.25, 0.3) is 0 Å². The van der Waals surface area contributed by atoms with Gasteiger partial charge in [0.05, 0.1) is 0 Å². The molecule has 5 heteroatoms. The average molecular weight is 351 g/mol. The third-order valence-electron chi connectivity index (χ3n) is 4.11. The Hall–Kier alpha value is -2.95. The van der Waals surface area contributed by atoms with E-state index in [2.05, 4.69) is 21.8 Å². The first kappa shape index (κ1) is 17.9. The number of hydrogen-bond acceptors (Lipinski definition) is 4. The Labute approximate surface area is 153 Å². The Morgan fingerprint density at radius 1 is 0.923 bits per heavy atom. The van der Waals surface area contributed by atoms with Crippen LogP contribution in [0, 0.1) is 12.7 Å². The summed E-state index contributed by atoms with van der Waals surface area (Å²) >= 11 is 0. The van der Waals surface area contributed by atoms with E-state index in [1.54, 1.807) is 12.1 Å². The topological polar surface area (TPSA) is 38.2 Å². The van der Waals surface area contributed by atoms with E-state index in [9.17, 15) is 4.39 Å². The van der Waals surface area contributed by atoms with Crippen molar-refractivity contribution in [3.63, 3.8) is 0 Å². The molecule has 0 atom stereocenters. The molecule has 1 aromatic heterocycles. The number of ether oxygens (including phenoxy) is 1. The predicted molar refractivity (Wildman–Crippen MR) is 101 cm³/mol. The fourth-order valence-corrected chi connectivity index (χ4v) is 2.61. The van der Waals surface area contributed by atoms with Crippen molar-refractivity contribution in [2.45, 2.75) is 27.0 Å². The van der Waals surface area contributed by atoms with Crippen molar-refractivity contribution in [2.75, 3.05) is 11.4 Å².